The van der Waals surface area contributed by atoms with E-state index in [-0.39, 0.29) is 34.4 Å². The van der Waals surface area contributed by atoms with Crippen molar-refractivity contribution in [2.75, 3.05) is 30.8 Å². The van der Waals surface area contributed by atoms with Crippen LogP contribution in [-0.4, -0.2) is 57.1 Å². The number of carbonyl (C=O) groups is 2. The van der Waals surface area contributed by atoms with E-state index in [0.29, 0.717) is 50.5 Å². The second-order valence-electron chi connectivity index (χ2n) is 10.9. The summed E-state index contributed by atoms with van der Waals surface area (Å²) in [6.07, 6.45) is -1.54. The van der Waals surface area contributed by atoms with Gasteiger partial charge in [-0.25, -0.2) is 12.8 Å². The highest BCUT2D eigenvalue weighted by Crippen LogP contribution is 2.43. The van der Waals surface area contributed by atoms with Crippen LogP contribution in [0.5, 0.6) is 0 Å². The molecule has 1 aliphatic carbocycles. The Morgan fingerprint density at radius 2 is 1.80 bits per heavy atom. The van der Waals surface area contributed by atoms with Crippen LogP contribution < -0.4 is 10.2 Å². The summed E-state index contributed by atoms with van der Waals surface area (Å²) in [6, 6.07) is 6.83. The molecule has 3 aliphatic rings. The molecule has 2 aromatic rings. The Bertz CT molecular complexity index is 1530. The molecule has 2 heterocycles. The zero-order chi connectivity index (χ0) is 29.7. The summed E-state index contributed by atoms with van der Waals surface area (Å²) in [5, 5.41) is 11.9. The maximum atomic E-state index is 14.8. The highest BCUT2D eigenvalue weighted by atomic mass is 32.2. The van der Waals surface area contributed by atoms with Gasteiger partial charge in [0.15, 0.2) is 9.84 Å². The Morgan fingerprint density at radius 3 is 2.39 bits per heavy atom. The fourth-order valence-electron chi connectivity index (χ4n) is 5.47. The van der Waals surface area contributed by atoms with Gasteiger partial charge in [-0.05, 0) is 61.9 Å². The van der Waals surface area contributed by atoms with Gasteiger partial charge in [-0.1, -0.05) is 6.07 Å². The molecule has 1 N–H and O–H groups in total. The van der Waals surface area contributed by atoms with Gasteiger partial charge in [0.25, 0.3) is 5.91 Å². The quantitative estimate of drug-likeness (QED) is 0.486. The number of amides is 2. The van der Waals surface area contributed by atoms with Crippen molar-refractivity contribution in [3.8, 4) is 6.07 Å². The van der Waals surface area contributed by atoms with Crippen LogP contribution in [0.1, 0.15) is 53.2 Å². The molecule has 1 saturated carbocycles. The number of sulfone groups is 1. The molecule has 0 radical (unpaired) electrons. The van der Waals surface area contributed by atoms with Gasteiger partial charge in [0.2, 0.25) is 5.91 Å². The van der Waals surface area contributed by atoms with Crippen molar-refractivity contribution < 1.29 is 35.6 Å². The lowest BCUT2D eigenvalue weighted by molar-refractivity contribution is -0.137. The van der Waals surface area contributed by atoms with Gasteiger partial charge in [-0.15, -0.1) is 0 Å². The van der Waals surface area contributed by atoms with Crippen LogP contribution in [-0.2, 0) is 20.8 Å². The average molecular weight is 593 g/mol. The van der Waals surface area contributed by atoms with E-state index in [0.717, 1.165) is 18.4 Å². The van der Waals surface area contributed by atoms with Gasteiger partial charge in [-0.2, -0.15) is 18.4 Å². The van der Waals surface area contributed by atoms with Crippen molar-refractivity contribution in [2.45, 2.75) is 48.8 Å². The zero-order valence-electron chi connectivity index (χ0n) is 22.1. The van der Waals surface area contributed by atoms with Crippen LogP contribution in [0.25, 0.3) is 0 Å². The molecule has 0 spiro atoms. The number of benzene rings is 2. The Balaban J connectivity index is 1.40. The third-order valence-corrected chi connectivity index (χ3v) is 9.01. The standard InChI is InChI=1S/C28H28F4N4O4S/c1-41(39,40)19-7-9-23(35-14-16(13-33)15-35)21(12-19)27(38)36-10-2-3-24(36)26(37)34-25(17-4-5-17)20-8-6-18(11-22(20)29)28(30,31)32/h6-9,11-12,16-17,24-25H,2-5,10,14-15H2,1H3,(H,34,37)/t24-,25?/m1/s1. The first kappa shape index (κ1) is 28.9. The summed E-state index contributed by atoms with van der Waals surface area (Å²) < 4.78 is 78.5. The Morgan fingerprint density at radius 1 is 1.10 bits per heavy atom. The smallest absolute Gasteiger partial charge is 0.368 e. The molecule has 8 nitrogen and oxygen atoms in total. The molecule has 2 aromatic carbocycles. The highest BCUT2D eigenvalue weighted by molar-refractivity contribution is 7.90. The number of halogens is 4. The molecule has 0 aromatic heterocycles. The number of hydrogen-bond donors (Lipinski definition) is 1. The lowest BCUT2D eigenvalue weighted by Gasteiger charge is -2.39. The molecule has 1 unspecified atom stereocenters. The number of nitrogens with zero attached hydrogens (tertiary/aromatic N) is 3. The average Bonchev–Trinajstić information content (AvgIpc) is 3.60. The van der Waals surface area contributed by atoms with E-state index in [4.69, 9.17) is 5.26 Å². The Hall–Kier alpha value is -3.66. The number of hydrogen-bond acceptors (Lipinski definition) is 6. The highest BCUT2D eigenvalue weighted by Gasteiger charge is 2.41. The van der Waals surface area contributed by atoms with Crippen LogP contribution in [0, 0.1) is 29.0 Å². The van der Waals surface area contributed by atoms with Crippen molar-refractivity contribution in [1.29, 1.82) is 5.26 Å². The van der Waals surface area contributed by atoms with Crippen LogP contribution in [0.3, 0.4) is 0 Å². The number of anilines is 1. The van der Waals surface area contributed by atoms with Crippen LogP contribution in [0.15, 0.2) is 41.3 Å². The van der Waals surface area contributed by atoms with Gasteiger partial charge in [0.05, 0.1) is 34.1 Å². The normalized spacial score (nSPS) is 20.3. The molecule has 2 atom stereocenters. The van der Waals surface area contributed by atoms with E-state index < -0.39 is 51.3 Å². The van der Waals surface area contributed by atoms with Crippen molar-refractivity contribution in [2.24, 2.45) is 11.8 Å². The van der Waals surface area contributed by atoms with Gasteiger partial charge in [0, 0.05) is 37.1 Å². The van der Waals surface area contributed by atoms with Crippen molar-refractivity contribution in [3.63, 3.8) is 0 Å². The summed E-state index contributed by atoms with van der Waals surface area (Å²) in [7, 11) is -3.65. The summed E-state index contributed by atoms with van der Waals surface area (Å²) in [5.74, 6) is -2.53. The minimum atomic E-state index is -4.71. The molecule has 2 saturated heterocycles. The molecule has 218 valence electrons. The van der Waals surface area contributed by atoms with E-state index in [9.17, 15) is 35.6 Å². The minimum Gasteiger partial charge on any atom is -0.368 e. The van der Waals surface area contributed by atoms with E-state index in [1.165, 1.54) is 23.1 Å². The first-order valence-electron chi connectivity index (χ1n) is 13.2. The molecule has 13 heteroatoms. The van der Waals surface area contributed by atoms with Crippen molar-refractivity contribution in [1.82, 2.24) is 10.2 Å². The summed E-state index contributed by atoms with van der Waals surface area (Å²) >= 11 is 0. The lowest BCUT2D eigenvalue weighted by atomic mass is 9.98. The van der Waals surface area contributed by atoms with Gasteiger partial charge in [0.1, 0.15) is 11.9 Å². The molecule has 2 aliphatic heterocycles. The molecule has 5 rings (SSSR count). The topological polar surface area (TPSA) is 111 Å². The molecule has 0 bridgehead atoms. The number of nitrogens with one attached hydrogen (secondary N) is 1. The third-order valence-electron chi connectivity index (χ3n) is 7.90. The lowest BCUT2D eigenvalue weighted by Crippen LogP contribution is -2.49. The summed E-state index contributed by atoms with van der Waals surface area (Å²) in [4.78, 5) is 30.4. The van der Waals surface area contributed by atoms with E-state index in [1.54, 1.807) is 4.90 Å². The van der Waals surface area contributed by atoms with E-state index >= 15 is 0 Å². The Kier molecular flexibility index (Phi) is 7.48. The molecule has 2 amide bonds. The Labute approximate surface area is 234 Å². The molecule has 41 heavy (non-hydrogen) atoms. The van der Waals surface area contributed by atoms with E-state index in [2.05, 4.69) is 11.4 Å². The van der Waals surface area contributed by atoms with Crippen molar-refractivity contribution >= 4 is 27.3 Å². The van der Waals surface area contributed by atoms with Crippen LogP contribution in [0.4, 0.5) is 23.2 Å². The molecular formula is C28H28F4N4O4S. The van der Waals surface area contributed by atoms with Gasteiger partial charge < -0.3 is 15.1 Å². The largest absolute Gasteiger partial charge is 0.416 e. The molecule has 3 fully saturated rings. The number of likely N-dealkylation sites (tertiary alicyclic amines) is 1. The monoisotopic (exact) mass is 592 g/mol. The molecular weight excluding hydrogens is 564 g/mol. The van der Waals surface area contributed by atoms with Gasteiger partial charge >= 0.3 is 6.18 Å². The number of alkyl halides is 3. The second-order valence-corrected chi connectivity index (χ2v) is 12.9. The first-order valence-corrected chi connectivity index (χ1v) is 15.1. The minimum absolute atomic E-state index is 0.0438. The zero-order valence-corrected chi connectivity index (χ0v) is 22.9. The van der Waals surface area contributed by atoms with Crippen molar-refractivity contribution in [3.05, 3.63) is 58.9 Å². The SMILES string of the molecule is CS(=O)(=O)c1ccc(N2CC(C#N)C2)c(C(=O)N2CCC[C@@H]2C(=O)NC(c2ccc(C(F)(F)F)cc2F)C2CC2)c1. The summed E-state index contributed by atoms with van der Waals surface area (Å²) in [6.45, 7) is 0.977. The van der Waals surface area contributed by atoms with Crippen LogP contribution >= 0.6 is 0 Å². The third kappa shape index (κ3) is 5.88. The maximum absolute atomic E-state index is 14.8. The summed E-state index contributed by atoms with van der Waals surface area (Å²) in [5.41, 5.74) is -0.612. The second kappa shape index (κ2) is 10.6. The van der Waals surface area contributed by atoms with E-state index in [1.807, 2.05) is 0 Å². The number of carbonyl (C=O) groups excluding carboxylic acids is 2. The van der Waals surface area contributed by atoms with Gasteiger partial charge in [-0.3, -0.25) is 9.59 Å². The maximum Gasteiger partial charge on any atom is 0.416 e. The first-order chi connectivity index (χ1) is 19.3. The predicted octanol–water partition coefficient (Wildman–Crippen LogP) is 4.08. The fraction of sp³-hybridized carbons (Fsp3) is 0.464. The number of nitriles is 1. The van der Waals surface area contributed by atoms with Crippen LogP contribution in [0.2, 0.25) is 0 Å². The fourth-order valence-corrected chi connectivity index (χ4v) is 6.12. The number of rotatable bonds is 7. The predicted molar refractivity (Wildman–Crippen MR) is 140 cm³/mol.